The van der Waals surface area contributed by atoms with Crippen molar-refractivity contribution in [2.24, 2.45) is 11.8 Å². The Balaban J connectivity index is 2.08. The molecule has 2 saturated heterocycles. The van der Waals surface area contributed by atoms with Crippen LogP contribution in [-0.2, 0) is 19.1 Å². The minimum Gasteiger partial charge on any atom is -0.393 e. The minimum atomic E-state index is -0.429. The van der Waals surface area contributed by atoms with E-state index in [1.54, 1.807) is 0 Å². The third-order valence-electron chi connectivity index (χ3n) is 2.65. The van der Waals surface area contributed by atoms with Gasteiger partial charge in [-0.15, -0.1) is 0 Å². The summed E-state index contributed by atoms with van der Waals surface area (Å²) in [6, 6.07) is 0. The van der Waals surface area contributed by atoms with Gasteiger partial charge in [0.15, 0.2) is 0 Å². The standard InChI is InChI=1S/C8H6O4/c9-7-5-3-1-2-4(11-3)6(5)8(10)12-7/h1-6H/t3-,4-,5-,6+/m1/s1. The molecule has 4 nitrogen and oxygen atoms in total. The van der Waals surface area contributed by atoms with Gasteiger partial charge in [0.05, 0.1) is 12.2 Å². The largest absolute Gasteiger partial charge is 0.393 e. The van der Waals surface area contributed by atoms with Gasteiger partial charge in [-0.1, -0.05) is 12.2 Å². The van der Waals surface area contributed by atoms with Gasteiger partial charge < -0.3 is 9.47 Å². The monoisotopic (exact) mass is 166 g/mol. The van der Waals surface area contributed by atoms with Crippen LogP contribution in [0.25, 0.3) is 0 Å². The van der Waals surface area contributed by atoms with Gasteiger partial charge in [0.2, 0.25) is 0 Å². The van der Waals surface area contributed by atoms with Crippen molar-refractivity contribution in [1.29, 1.82) is 0 Å². The maximum atomic E-state index is 11.1. The lowest BCUT2D eigenvalue weighted by Crippen LogP contribution is -2.26. The molecule has 0 spiro atoms. The van der Waals surface area contributed by atoms with Gasteiger partial charge in [-0.25, -0.2) is 0 Å². The van der Waals surface area contributed by atoms with Crippen LogP contribution in [0.5, 0.6) is 0 Å². The summed E-state index contributed by atoms with van der Waals surface area (Å²) < 4.78 is 9.86. The van der Waals surface area contributed by atoms with Crippen molar-refractivity contribution >= 4 is 11.9 Å². The molecule has 0 aromatic rings. The van der Waals surface area contributed by atoms with E-state index in [1.165, 1.54) is 0 Å². The Morgan fingerprint density at radius 3 is 2.00 bits per heavy atom. The van der Waals surface area contributed by atoms with E-state index in [1.807, 2.05) is 12.2 Å². The fourth-order valence-electron chi connectivity index (χ4n) is 2.11. The summed E-state index contributed by atoms with van der Waals surface area (Å²) in [5, 5.41) is 0. The maximum Gasteiger partial charge on any atom is 0.320 e. The van der Waals surface area contributed by atoms with Gasteiger partial charge in [0, 0.05) is 0 Å². The molecule has 2 fully saturated rings. The van der Waals surface area contributed by atoms with E-state index < -0.39 is 11.9 Å². The highest BCUT2D eigenvalue weighted by atomic mass is 16.6. The Hall–Kier alpha value is -1.16. The van der Waals surface area contributed by atoms with Gasteiger partial charge in [-0.05, 0) is 0 Å². The lowest BCUT2D eigenvalue weighted by Gasteiger charge is -2.08. The van der Waals surface area contributed by atoms with Crippen LogP contribution in [0.2, 0.25) is 0 Å². The maximum absolute atomic E-state index is 11.1. The van der Waals surface area contributed by atoms with Crippen LogP contribution >= 0.6 is 0 Å². The molecule has 12 heavy (non-hydrogen) atoms. The Kier molecular flexibility index (Phi) is 0.939. The lowest BCUT2D eigenvalue weighted by molar-refractivity contribution is -0.156. The number of hydrogen-bond acceptors (Lipinski definition) is 4. The molecule has 0 aliphatic carbocycles. The van der Waals surface area contributed by atoms with Crippen molar-refractivity contribution in [3.63, 3.8) is 0 Å². The Morgan fingerprint density at radius 1 is 1.00 bits per heavy atom. The summed E-state index contributed by atoms with van der Waals surface area (Å²) in [5.41, 5.74) is 0. The summed E-state index contributed by atoms with van der Waals surface area (Å²) >= 11 is 0. The van der Waals surface area contributed by atoms with Gasteiger partial charge in [-0.2, -0.15) is 0 Å². The molecular formula is C8H6O4. The second kappa shape index (κ2) is 1.77. The van der Waals surface area contributed by atoms with Crippen LogP contribution in [0.4, 0.5) is 0 Å². The van der Waals surface area contributed by atoms with Gasteiger partial charge in [-0.3, -0.25) is 9.59 Å². The van der Waals surface area contributed by atoms with E-state index in [4.69, 9.17) is 4.74 Å². The van der Waals surface area contributed by atoms with Gasteiger partial charge in [0.25, 0.3) is 0 Å². The lowest BCUT2D eigenvalue weighted by atomic mass is 9.85. The first-order valence-corrected chi connectivity index (χ1v) is 3.87. The van der Waals surface area contributed by atoms with E-state index in [-0.39, 0.29) is 24.0 Å². The topological polar surface area (TPSA) is 52.6 Å². The van der Waals surface area contributed by atoms with Crippen LogP contribution < -0.4 is 0 Å². The Labute approximate surface area is 68.1 Å². The van der Waals surface area contributed by atoms with Crippen molar-refractivity contribution < 1.29 is 19.1 Å². The van der Waals surface area contributed by atoms with Crippen molar-refractivity contribution in [3.8, 4) is 0 Å². The molecule has 2 bridgehead atoms. The number of fused-ring (bicyclic) bond motifs is 5. The van der Waals surface area contributed by atoms with E-state index in [2.05, 4.69) is 4.74 Å². The Bertz CT molecular complexity index is 278. The molecule has 4 heteroatoms. The first kappa shape index (κ1) is 6.37. The van der Waals surface area contributed by atoms with Crippen molar-refractivity contribution in [3.05, 3.63) is 12.2 Å². The van der Waals surface area contributed by atoms with E-state index >= 15 is 0 Å². The normalized spacial score (nSPS) is 48.3. The van der Waals surface area contributed by atoms with Crippen LogP contribution in [0.15, 0.2) is 12.2 Å². The summed E-state index contributed by atoms with van der Waals surface area (Å²) in [6.07, 6.45) is 3.20. The van der Waals surface area contributed by atoms with Crippen LogP contribution in [0.1, 0.15) is 0 Å². The first-order chi connectivity index (χ1) is 5.77. The van der Waals surface area contributed by atoms with E-state index in [0.717, 1.165) is 0 Å². The average molecular weight is 166 g/mol. The van der Waals surface area contributed by atoms with Crippen molar-refractivity contribution in [2.45, 2.75) is 12.2 Å². The highest BCUT2D eigenvalue weighted by molar-refractivity contribution is 5.98. The molecule has 3 heterocycles. The predicted molar refractivity (Wildman–Crippen MR) is 35.9 cm³/mol. The second-order valence-electron chi connectivity index (χ2n) is 3.24. The number of carbonyl (C=O) groups excluding carboxylic acids is 2. The number of carbonyl (C=O) groups is 2. The number of hydrogen-bond donors (Lipinski definition) is 0. The summed E-state index contributed by atoms with van der Waals surface area (Å²) in [5.74, 6) is -1.59. The molecule has 0 aromatic carbocycles. The minimum absolute atomic E-state index is 0.223. The Morgan fingerprint density at radius 2 is 1.50 bits per heavy atom. The SMILES string of the molecule is O=C1OC(=O)[C@H]2[C@@H]1[C@H]1C=C[C@H]2O1. The summed E-state index contributed by atoms with van der Waals surface area (Å²) in [6.45, 7) is 0. The first-order valence-electron chi connectivity index (χ1n) is 3.87. The van der Waals surface area contributed by atoms with Gasteiger partial charge >= 0.3 is 11.9 Å². The van der Waals surface area contributed by atoms with E-state index in [9.17, 15) is 9.59 Å². The zero-order valence-electron chi connectivity index (χ0n) is 6.10. The van der Waals surface area contributed by atoms with E-state index in [0.29, 0.717) is 0 Å². The zero-order chi connectivity index (χ0) is 8.29. The average Bonchev–Trinajstić information content (AvgIpc) is 2.64. The molecule has 0 amide bonds. The number of rotatable bonds is 0. The molecule has 3 rings (SSSR count). The highest BCUT2D eigenvalue weighted by Crippen LogP contribution is 2.43. The second-order valence-corrected chi connectivity index (χ2v) is 3.24. The molecule has 0 radical (unpaired) electrons. The smallest absolute Gasteiger partial charge is 0.320 e. The highest BCUT2D eigenvalue weighted by Gasteiger charge is 2.59. The number of cyclic esters (lactones) is 2. The molecule has 0 N–H and O–H groups in total. The molecule has 3 aliphatic rings. The molecule has 0 unspecified atom stereocenters. The van der Waals surface area contributed by atoms with Crippen molar-refractivity contribution in [2.75, 3.05) is 0 Å². The summed E-state index contributed by atoms with van der Waals surface area (Å²) in [7, 11) is 0. The molecule has 62 valence electrons. The van der Waals surface area contributed by atoms with Crippen LogP contribution in [0, 0.1) is 11.8 Å². The number of ether oxygens (including phenoxy) is 2. The van der Waals surface area contributed by atoms with Crippen LogP contribution in [-0.4, -0.2) is 24.1 Å². The third-order valence-corrected chi connectivity index (χ3v) is 2.65. The molecule has 4 atom stereocenters. The quantitative estimate of drug-likeness (QED) is 0.280. The predicted octanol–water partition coefficient (Wildman–Crippen LogP) is -0.361. The fraction of sp³-hybridized carbons (Fsp3) is 0.500. The molecular weight excluding hydrogens is 160 g/mol. The fourth-order valence-corrected chi connectivity index (χ4v) is 2.11. The molecule has 0 aromatic heterocycles. The number of esters is 2. The molecule has 3 aliphatic heterocycles. The summed E-state index contributed by atoms with van der Waals surface area (Å²) in [4.78, 5) is 22.2. The molecule has 0 saturated carbocycles. The van der Waals surface area contributed by atoms with Gasteiger partial charge in [0.1, 0.15) is 11.8 Å². The van der Waals surface area contributed by atoms with Crippen molar-refractivity contribution in [1.82, 2.24) is 0 Å². The van der Waals surface area contributed by atoms with Crippen LogP contribution in [0.3, 0.4) is 0 Å². The zero-order valence-corrected chi connectivity index (χ0v) is 6.10. The third kappa shape index (κ3) is 0.536.